The van der Waals surface area contributed by atoms with E-state index in [0.717, 1.165) is 12.8 Å². The molecule has 15 heavy (non-hydrogen) atoms. The second-order valence-corrected chi connectivity index (χ2v) is 4.04. The van der Waals surface area contributed by atoms with E-state index in [1.807, 2.05) is 0 Å². The van der Waals surface area contributed by atoms with Crippen molar-refractivity contribution in [3.63, 3.8) is 0 Å². The van der Waals surface area contributed by atoms with Crippen LogP contribution in [0.25, 0.3) is 0 Å². The van der Waals surface area contributed by atoms with Gasteiger partial charge in [0.2, 0.25) is 0 Å². The quantitative estimate of drug-likeness (QED) is 0.782. The summed E-state index contributed by atoms with van der Waals surface area (Å²) in [5.74, 6) is 0.629. The SMILES string of the molecule is NC1CCCC1CNC(=O)c1ccco1. The van der Waals surface area contributed by atoms with Crippen molar-refractivity contribution < 1.29 is 9.21 Å². The molecule has 0 saturated heterocycles. The minimum absolute atomic E-state index is 0.154. The molecule has 1 aromatic heterocycles. The summed E-state index contributed by atoms with van der Waals surface area (Å²) >= 11 is 0. The lowest BCUT2D eigenvalue weighted by atomic mass is 10.0. The predicted molar refractivity (Wildman–Crippen MR) is 56.4 cm³/mol. The smallest absolute Gasteiger partial charge is 0.286 e. The van der Waals surface area contributed by atoms with E-state index in [9.17, 15) is 4.79 Å². The third kappa shape index (κ3) is 2.39. The molecule has 82 valence electrons. The van der Waals surface area contributed by atoms with E-state index < -0.39 is 0 Å². The summed E-state index contributed by atoms with van der Waals surface area (Å²) in [5.41, 5.74) is 5.91. The van der Waals surface area contributed by atoms with Gasteiger partial charge in [-0.3, -0.25) is 4.79 Å². The van der Waals surface area contributed by atoms with Crippen molar-refractivity contribution in [2.24, 2.45) is 11.7 Å². The molecule has 1 aliphatic carbocycles. The molecule has 0 spiro atoms. The van der Waals surface area contributed by atoms with Crippen LogP contribution in [0.2, 0.25) is 0 Å². The van der Waals surface area contributed by atoms with Crippen LogP contribution in [-0.4, -0.2) is 18.5 Å². The van der Waals surface area contributed by atoms with Crippen molar-refractivity contribution in [3.8, 4) is 0 Å². The molecule has 1 amide bonds. The summed E-state index contributed by atoms with van der Waals surface area (Å²) < 4.78 is 4.99. The van der Waals surface area contributed by atoms with Gasteiger partial charge in [0.1, 0.15) is 0 Å². The zero-order valence-electron chi connectivity index (χ0n) is 8.61. The molecular weight excluding hydrogens is 192 g/mol. The van der Waals surface area contributed by atoms with Gasteiger partial charge in [0, 0.05) is 12.6 Å². The largest absolute Gasteiger partial charge is 0.459 e. The number of carbonyl (C=O) groups is 1. The number of rotatable bonds is 3. The van der Waals surface area contributed by atoms with Crippen molar-refractivity contribution in [1.29, 1.82) is 0 Å². The molecule has 1 aromatic rings. The standard InChI is InChI=1S/C11H16N2O2/c12-9-4-1-3-8(9)7-13-11(14)10-5-2-6-15-10/h2,5-6,8-9H,1,3-4,7,12H2,(H,13,14). The Balaban J connectivity index is 1.81. The van der Waals surface area contributed by atoms with Gasteiger partial charge >= 0.3 is 0 Å². The Hall–Kier alpha value is -1.29. The number of nitrogens with one attached hydrogen (secondary N) is 1. The lowest BCUT2D eigenvalue weighted by Gasteiger charge is -2.15. The number of hydrogen-bond donors (Lipinski definition) is 2. The molecule has 0 bridgehead atoms. The fourth-order valence-corrected chi connectivity index (χ4v) is 2.04. The fourth-order valence-electron chi connectivity index (χ4n) is 2.04. The first-order valence-electron chi connectivity index (χ1n) is 5.34. The Kier molecular flexibility index (Phi) is 3.06. The normalized spacial score (nSPS) is 25.4. The van der Waals surface area contributed by atoms with E-state index in [-0.39, 0.29) is 11.9 Å². The molecule has 1 fully saturated rings. The molecule has 0 aliphatic heterocycles. The summed E-state index contributed by atoms with van der Waals surface area (Å²) in [6.45, 7) is 0.653. The molecule has 4 nitrogen and oxygen atoms in total. The molecule has 1 aliphatic rings. The Morgan fingerprint density at radius 2 is 2.47 bits per heavy atom. The first-order chi connectivity index (χ1) is 7.27. The summed E-state index contributed by atoms with van der Waals surface area (Å²) in [4.78, 5) is 11.5. The zero-order chi connectivity index (χ0) is 10.7. The summed E-state index contributed by atoms with van der Waals surface area (Å²) in [7, 11) is 0. The monoisotopic (exact) mass is 208 g/mol. The van der Waals surface area contributed by atoms with Crippen LogP contribution < -0.4 is 11.1 Å². The van der Waals surface area contributed by atoms with E-state index >= 15 is 0 Å². The van der Waals surface area contributed by atoms with Crippen LogP contribution in [0, 0.1) is 5.92 Å². The van der Waals surface area contributed by atoms with Gasteiger partial charge in [0.25, 0.3) is 5.91 Å². The number of amides is 1. The topological polar surface area (TPSA) is 68.3 Å². The molecule has 4 heteroatoms. The molecule has 2 atom stereocenters. The highest BCUT2D eigenvalue weighted by Gasteiger charge is 2.24. The highest BCUT2D eigenvalue weighted by molar-refractivity contribution is 5.91. The van der Waals surface area contributed by atoms with Gasteiger partial charge < -0.3 is 15.5 Å². The van der Waals surface area contributed by atoms with Crippen LogP contribution in [0.4, 0.5) is 0 Å². The molecule has 2 rings (SSSR count). The van der Waals surface area contributed by atoms with Crippen molar-refractivity contribution in [3.05, 3.63) is 24.2 Å². The van der Waals surface area contributed by atoms with Gasteiger partial charge in [-0.15, -0.1) is 0 Å². The van der Waals surface area contributed by atoms with E-state index in [1.165, 1.54) is 12.7 Å². The molecule has 0 radical (unpaired) electrons. The van der Waals surface area contributed by atoms with Gasteiger partial charge in [-0.2, -0.15) is 0 Å². The van der Waals surface area contributed by atoms with Gasteiger partial charge in [0.05, 0.1) is 6.26 Å². The Bertz CT molecular complexity index is 321. The zero-order valence-corrected chi connectivity index (χ0v) is 8.61. The van der Waals surface area contributed by atoms with Crippen molar-refractivity contribution >= 4 is 5.91 Å². The van der Waals surface area contributed by atoms with Crippen LogP contribution in [0.3, 0.4) is 0 Å². The third-order valence-corrected chi connectivity index (χ3v) is 2.99. The molecule has 1 heterocycles. The number of carbonyl (C=O) groups excluding carboxylic acids is 1. The van der Waals surface area contributed by atoms with Gasteiger partial charge in [-0.1, -0.05) is 6.42 Å². The second kappa shape index (κ2) is 4.49. The summed E-state index contributed by atoms with van der Waals surface area (Å²) in [6.07, 6.45) is 4.85. The van der Waals surface area contributed by atoms with E-state index in [2.05, 4.69) is 5.32 Å². The average molecular weight is 208 g/mol. The number of hydrogen-bond acceptors (Lipinski definition) is 3. The van der Waals surface area contributed by atoms with Crippen LogP contribution in [-0.2, 0) is 0 Å². The lowest BCUT2D eigenvalue weighted by molar-refractivity contribution is 0.0918. The van der Waals surface area contributed by atoms with Crippen LogP contribution in [0.5, 0.6) is 0 Å². The van der Waals surface area contributed by atoms with Crippen molar-refractivity contribution in [1.82, 2.24) is 5.32 Å². The van der Waals surface area contributed by atoms with Crippen LogP contribution >= 0.6 is 0 Å². The maximum absolute atomic E-state index is 11.5. The molecular formula is C11H16N2O2. The van der Waals surface area contributed by atoms with Crippen LogP contribution in [0.15, 0.2) is 22.8 Å². The molecule has 3 N–H and O–H groups in total. The fraction of sp³-hybridized carbons (Fsp3) is 0.545. The van der Waals surface area contributed by atoms with E-state index in [0.29, 0.717) is 18.2 Å². The minimum Gasteiger partial charge on any atom is -0.459 e. The summed E-state index contributed by atoms with van der Waals surface area (Å²) in [5, 5.41) is 2.84. The Morgan fingerprint density at radius 1 is 1.60 bits per heavy atom. The van der Waals surface area contributed by atoms with Crippen molar-refractivity contribution in [2.45, 2.75) is 25.3 Å². The number of furan rings is 1. The second-order valence-electron chi connectivity index (χ2n) is 4.04. The lowest BCUT2D eigenvalue weighted by Crippen LogP contribution is -2.35. The van der Waals surface area contributed by atoms with E-state index in [4.69, 9.17) is 10.2 Å². The van der Waals surface area contributed by atoms with Crippen LogP contribution in [0.1, 0.15) is 29.8 Å². The maximum Gasteiger partial charge on any atom is 0.286 e. The van der Waals surface area contributed by atoms with Crippen molar-refractivity contribution in [2.75, 3.05) is 6.54 Å². The predicted octanol–water partition coefficient (Wildman–Crippen LogP) is 1.14. The highest BCUT2D eigenvalue weighted by atomic mass is 16.3. The molecule has 2 unspecified atom stereocenters. The first-order valence-corrected chi connectivity index (χ1v) is 5.34. The van der Waals surface area contributed by atoms with E-state index in [1.54, 1.807) is 12.1 Å². The maximum atomic E-state index is 11.5. The van der Waals surface area contributed by atoms with Gasteiger partial charge in [0.15, 0.2) is 5.76 Å². The Morgan fingerprint density at radius 3 is 3.07 bits per heavy atom. The number of nitrogens with two attached hydrogens (primary N) is 1. The summed E-state index contributed by atoms with van der Waals surface area (Å²) in [6, 6.07) is 3.60. The Labute approximate surface area is 88.8 Å². The third-order valence-electron chi connectivity index (χ3n) is 2.99. The molecule has 1 saturated carbocycles. The highest BCUT2D eigenvalue weighted by Crippen LogP contribution is 2.23. The van der Waals surface area contributed by atoms with Gasteiger partial charge in [-0.05, 0) is 30.9 Å². The van der Waals surface area contributed by atoms with Gasteiger partial charge in [-0.25, -0.2) is 0 Å². The minimum atomic E-state index is -0.154. The average Bonchev–Trinajstić information content (AvgIpc) is 2.85. The first kappa shape index (κ1) is 10.2. The molecule has 0 aromatic carbocycles.